The van der Waals surface area contributed by atoms with Gasteiger partial charge in [0.1, 0.15) is 5.75 Å². The molecule has 0 aliphatic carbocycles. The van der Waals surface area contributed by atoms with Crippen LogP contribution in [0, 0.1) is 0 Å². The zero-order valence-electron chi connectivity index (χ0n) is 11.4. The van der Waals surface area contributed by atoms with Crippen molar-refractivity contribution in [3.8, 4) is 5.75 Å². The maximum absolute atomic E-state index is 6.15. The maximum Gasteiger partial charge on any atom is 0.156 e. The van der Waals surface area contributed by atoms with E-state index >= 15 is 0 Å². The predicted octanol–water partition coefficient (Wildman–Crippen LogP) is 4.90. The highest BCUT2D eigenvalue weighted by Gasteiger charge is 2.23. The zero-order chi connectivity index (χ0) is 15.4. The molecule has 21 heavy (non-hydrogen) atoms. The molecule has 6 heteroatoms. The predicted molar refractivity (Wildman–Crippen MR) is 87.3 cm³/mol. The summed E-state index contributed by atoms with van der Waals surface area (Å²) in [6, 6.07) is 8.51. The highest BCUT2D eigenvalue weighted by Crippen LogP contribution is 2.36. The molecule has 0 amide bonds. The van der Waals surface area contributed by atoms with Crippen LogP contribution >= 0.6 is 34.8 Å². The Morgan fingerprint density at radius 2 is 1.86 bits per heavy atom. The van der Waals surface area contributed by atoms with Crippen LogP contribution in [0.2, 0.25) is 15.1 Å². The van der Waals surface area contributed by atoms with Gasteiger partial charge in [-0.3, -0.25) is 4.98 Å². The minimum Gasteiger partial charge on any atom is -0.481 e. The summed E-state index contributed by atoms with van der Waals surface area (Å²) >= 11 is 18.1. The number of hydrogen-bond acceptors (Lipinski definition) is 3. The molecule has 1 aromatic carbocycles. The minimum absolute atomic E-state index is 0.217. The fraction of sp³-hybridized carbons (Fsp3) is 0.267. The third-order valence-electron chi connectivity index (χ3n) is 3.07. The van der Waals surface area contributed by atoms with Gasteiger partial charge in [-0.1, -0.05) is 47.8 Å². The van der Waals surface area contributed by atoms with Crippen molar-refractivity contribution in [3.63, 3.8) is 0 Å². The van der Waals surface area contributed by atoms with Crippen molar-refractivity contribution in [2.24, 2.45) is 5.73 Å². The molecule has 2 N–H and O–H groups in total. The molecule has 3 nitrogen and oxygen atoms in total. The van der Waals surface area contributed by atoms with Crippen molar-refractivity contribution in [2.75, 3.05) is 0 Å². The quantitative estimate of drug-likeness (QED) is 0.784. The number of ether oxygens (including phenoxy) is 1. The first-order valence-corrected chi connectivity index (χ1v) is 7.64. The van der Waals surface area contributed by atoms with Gasteiger partial charge in [0.15, 0.2) is 6.10 Å². The first kappa shape index (κ1) is 16.4. The summed E-state index contributed by atoms with van der Waals surface area (Å²) in [5.41, 5.74) is 6.89. The van der Waals surface area contributed by atoms with E-state index in [1.165, 1.54) is 0 Å². The molecule has 2 rings (SSSR count). The van der Waals surface area contributed by atoms with E-state index in [0.29, 0.717) is 20.8 Å². The largest absolute Gasteiger partial charge is 0.481 e. The lowest BCUT2D eigenvalue weighted by molar-refractivity contribution is 0.166. The van der Waals surface area contributed by atoms with E-state index in [4.69, 9.17) is 45.3 Å². The van der Waals surface area contributed by atoms with Crippen molar-refractivity contribution in [3.05, 3.63) is 57.3 Å². The topological polar surface area (TPSA) is 48.1 Å². The van der Waals surface area contributed by atoms with Crippen LogP contribution < -0.4 is 10.5 Å². The lowest BCUT2D eigenvalue weighted by atomic mass is 10.1. The second-order valence-electron chi connectivity index (χ2n) is 4.56. The van der Waals surface area contributed by atoms with Crippen molar-refractivity contribution in [2.45, 2.75) is 25.5 Å². The van der Waals surface area contributed by atoms with Crippen LogP contribution in [-0.4, -0.2) is 11.0 Å². The van der Waals surface area contributed by atoms with Crippen LogP contribution in [-0.2, 0) is 0 Å². The number of nitrogens with zero attached hydrogens (tertiary/aromatic N) is 1. The summed E-state index contributed by atoms with van der Waals surface area (Å²) in [5.74, 6) is 0.436. The van der Waals surface area contributed by atoms with Crippen LogP contribution in [0.5, 0.6) is 5.75 Å². The Balaban J connectivity index is 2.34. The van der Waals surface area contributed by atoms with Gasteiger partial charge in [-0.05, 0) is 24.6 Å². The Bertz CT molecular complexity index is 607. The molecule has 0 radical (unpaired) electrons. The molecule has 0 spiro atoms. The van der Waals surface area contributed by atoms with Gasteiger partial charge >= 0.3 is 0 Å². The summed E-state index contributed by atoms with van der Waals surface area (Å²) in [5, 5.41) is 1.14. The van der Waals surface area contributed by atoms with E-state index in [2.05, 4.69) is 4.98 Å². The normalized spacial score (nSPS) is 13.8. The molecule has 1 aromatic heterocycles. The first-order valence-electron chi connectivity index (χ1n) is 6.50. The SMILES string of the molecule is CCC(N)C(Oc1cc(Cl)c(Cl)cc1Cl)c1ccccn1. The van der Waals surface area contributed by atoms with Crippen molar-refractivity contribution >= 4 is 34.8 Å². The summed E-state index contributed by atoms with van der Waals surface area (Å²) in [7, 11) is 0. The molecular formula is C15H15Cl3N2O. The smallest absolute Gasteiger partial charge is 0.156 e. The molecule has 0 fully saturated rings. The maximum atomic E-state index is 6.15. The molecule has 2 atom stereocenters. The van der Waals surface area contributed by atoms with E-state index in [-0.39, 0.29) is 6.04 Å². The molecule has 0 aliphatic rings. The van der Waals surface area contributed by atoms with Gasteiger partial charge < -0.3 is 10.5 Å². The highest BCUT2D eigenvalue weighted by atomic mass is 35.5. The summed E-state index contributed by atoms with van der Waals surface area (Å²) in [6.07, 6.45) is 2.02. The molecule has 1 heterocycles. The number of nitrogens with two attached hydrogens (primary N) is 1. The van der Waals surface area contributed by atoms with Gasteiger partial charge in [-0.25, -0.2) is 0 Å². The Labute approximate surface area is 139 Å². The second-order valence-corrected chi connectivity index (χ2v) is 5.78. The number of benzene rings is 1. The van der Waals surface area contributed by atoms with E-state index in [9.17, 15) is 0 Å². The Kier molecular flexibility index (Phi) is 5.71. The summed E-state index contributed by atoms with van der Waals surface area (Å²) in [4.78, 5) is 4.31. The standard InChI is InChI=1S/C15H15Cl3N2O/c1-2-12(19)15(13-5-3-4-6-20-13)21-14-8-10(17)9(16)7-11(14)18/h3-8,12,15H,2,19H2,1H3. The van der Waals surface area contributed by atoms with Gasteiger partial charge in [0, 0.05) is 18.3 Å². The van der Waals surface area contributed by atoms with Crippen LogP contribution in [0.15, 0.2) is 36.5 Å². The van der Waals surface area contributed by atoms with Crippen molar-refractivity contribution < 1.29 is 4.74 Å². The van der Waals surface area contributed by atoms with Crippen LogP contribution in [0.4, 0.5) is 0 Å². The third kappa shape index (κ3) is 4.01. The fourth-order valence-corrected chi connectivity index (χ4v) is 2.44. The van der Waals surface area contributed by atoms with Crippen molar-refractivity contribution in [1.82, 2.24) is 4.98 Å². The lowest BCUT2D eigenvalue weighted by Crippen LogP contribution is -2.32. The molecule has 0 saturated carbocycles. The van der Waals surface area contributed by atoms with Gasteiger partial charge in [0.25, 0.3) is 0 Å². The Morgan fingerprint density at radius 1 is 1.14 bits per heavy atom. The molecule has 0 saturated heterocycles. The Hall–Kier alpha value is -1.00. The number of halogens is 3. The minimum atomic E-state index is -0.411. The van der Waals surface area contributed by atoms with Crippen molar-refractivity contribution in [1.29, 1.82) is 0 Å². The monoisotopic (exact) mass is 344 g/mol. The molecule has 2 unspecified atom stereocenters. The molecule has 0 aliphatic heterocycles. The zero-order valence-corrected chi connectivity index (χ0v) is 13.7. The molecule has 112 valence electrons. The molecular weight excluding hydrogens is 331 g/mol. The fourth-order valence-electron chi connectivity index (χ4n) is 1.86. The number of rotatable bonds is 5. The average Bonchev–Trinajstić information content (AvgIpc) is 2.49. The van der Waals surface area contributed by atoms with Gasteiger partial charge in [0.2, 0.25) is 0 Å². The number of pyridine rings is 1. The molecule has 2 aromatic rings. The number of hydrogen-bond donors (Lipinski definition) is 1. The van der Waals surface area contributed by atoms with E-state index < -0.39 is 6.10 Å². The third-order valence-corrected chi connectivity index (χ3v) is 4.09. The second kappa shape index (κ2) is 7.32. The molecule has 0 bridgehead atoms. The van der Waals surface area contributed by atoms with Gasteiger partial charge in [-0.2, -0.15) is 0 Å². The van der Waals surface area contributed by atoms with Crippen LogP contribution in [0.1, 0.15) is 25.1 Å². The highest BCUT2D eigenvalue weighted by molar-refractivity contribution is 6.43. The lowest BCUT2D eigenvalue weighted by Gasteiger charge is -2.24. The summed E-state index contributed by atoms with van der Waals surface area (Å²) < 4.78 is 5.96. The van der Waals surface area contributed by atoms with E-state index in [1.807, 2.05) is 25.1 Å². The van der Waals surface area contributed by atoms with Gasteiger partial charge in [0.05, 0.1) is 20.8 Å². The van der Waals surface area contributed by atoms with E-state index in [0.717, 1.165) is 12.1 Å². The average molecular weight is 346 g/mol. The van der Waals surface area contributed by atoms with E-state index in [1.54, 1.807) is 18.3 Å². The van der Waals surface area contributed by atoms with Crippen LogP contribution in [0.3, 0.4) is 0 Å². The van der Waals surface area contributed by atoms with Crippen LogP contribution in [0.25, 0.3) is 0 Å². The summed E-state index contributed by atoms with van der Waals surface area (Å²) in [6.45, 7) is 1.99. The first-order chi connectivity index (χ1) is 10.0. The number of aromatic nitrogens is 1. The Morgan fingerprint density at radius 3 is 2.48 bits per heavy atom. The van der Waals surface area contributed by atoms with Gasteiger partial charge in [-0.15, -0.1) is 0 Å².